The van der Waals surface area contributed by atoms with Gasteiger partial charge < -0.3 is 13.9 Å². The van der Waals surface area contributed by atoms with Crippen LogP contribution in [0.1, 0.15) is 28.8 Å². The van der Waals surface area contributed by atoms with E-state index in [-0.39, 0.29) is 17.1 Å². The zero-order valence-corrected chi connectivity index (χ0v) is 15.5. The summed E-state index contributed by atoms with van der Waals surface area (Å²) in [7, 11) is -0.828. The maximum Gasteiger partial charge on any atom is 0.341 e. The molecule has 0 aliphatic carbocycles. The van der Waals surface area contributed by atoms with E-state index in [2.05, 4.69) is 0 Å². The van der Waals surface area contributed by atoms with Gasteiger partial charge in [-0.15, -0.1) is 0 Å². The molecule has 0 bridgehead atoms. The van der Waals surface area contributed by atoms with E-state index < -0.39 is 16.0 Å². The molecule has 1 aliphatic heterocycles. The Bertz CT molecular complexity index is 883. The van der Waals surface area contributed by atoms with Gasteiger partial charge in [0.25, 0.3) is 0 Å². The lowest BCUT2D eigenvalue weighted by molar-refractivity contribution is 0.0596. The standard InChI is InChI=1S/C18H21NO6S/c1-23-17-15(13-7-10-25-11-13)6-5-14(16(17)18(20)24-2)12-26(21,22)19-8-3-4-9-19/h5-7,10-11H,3-4,8-9,12H2,1-2H3. The third-order valence-corrected chi connectivity index (χ3v) is 6.29. The van der Waals surface area contributed by atoms with Gasteiger partial charge in [0.15, 0.2) is 0 Å². The number of ether oxygens (including phenoxy) is 2. The lowest BCUT2D eigenvalue weighted by atomic mass is 9.99. The number of esters is 1. The Kier molecular flexibility index (Phi) is 5.33. The molecule has 0 N–H and O–H groups in total. The Hall–Kier alpha value is -2.32. The zero-order chi connectivity index (χ0) is 18.7. The Labute approximate surface area is 152 Å². The van der Waals surface area contributed by atoms with Crippen LogP contribution in [-0.2, 0) is 20.5 Å². The van der Waals surface area contributed by atoms with Crippen molar-refractivity contribution in [2.24, 2.45) is 0 Å². The van der Waals surface area contributed by atoms with Crippen LogP contribution >= 0.6 is 0 Å². The third kappa shape index (κ3) is 3.47. The van der Waals surface area contributed by atoms with E-state index in [0.717, 1.165) is 18.4 Å². The molecule has 2 aromatic rings. The minimum atomic E-state index is -3.52. The molecule has 1 aromatic carbocycles. The molecule has 0 unspecified atom stereocenters. The number of rotatable bonds is 6. The van der Waals surface area contributed by atoms with Crippen LogP contribution in [-0.4, -0.2) is 46.0 Å². The number of benzene rings is 1. The molecule has 26 heavy (non-hydrogen) atoms. The lowest BCUT2D eigenvalue weighted by Crippen LogP contribution is -2.29. The first-order valence-electron chi connectivity index (χ1n) is 8.26. The zero-order valence-electron chi connectivity index (χ0n) is 14.7. The predicted octanol–water partition coefficient (Wildman–Crippen LogP) is 2.67. The van der Waals surface area contributed by atoms with Gasteiger partial charge in [0.1, 0.15) is 11.3 Å². The molecule has 8 heteroatoms. The number of carbonyl (C=O) groups is 1. The van der Waals surface area contributed by atoms with Crippen molar-refractivity contribution in [2.75, 3.05) is 27.3 Å². The highest BCUT2D eigenvalue weighted by molar-refractivity contribution is 7.88. The summed E-state index contributed by atoms with van der Waals surface area (Å²) in [5.74, 6) is -0.648. The van der Waals surface area contributed by atoms with E-state index in [9.17, 15) is 13.2 Å². The van der Waals surface area contributed by atoms with Crippen LogP contribution < -0.4 is 4.74 Å². The summed E-state index contributed by atoms with van der Waals surface area (Å²) in [6.07, 6.45) is 4.75. The molecule has 1 saturated heterocycles. The van der Waals surface area contributed by atoms with E-state index in [1.165, 1.54) is 31.1 Å². The van der Waals surface area contributed by atoms with Crippen molar-refractivity contribution in [1.82, 2.24) is 4.31 Å². The highest BCUT2D eigenvalue weighted by Gasteiger charge is 2.30. The average molecular weight is 379 g/mol. The van der Waals surface area contributed by atoms with Gasteiger partial charge in [0.2, 0.25) is 10.0 Å². The molecular formula is C18H21NO6S. The number of methoxy groups -OCH3 is 2. The van der Waals surface area contributed by atoms with Gasteiger partial charge in [-0.25, -0.2) is 17.5 Å². The molecule has 1 aliphatic rings. The number of sulfonamides is 1. The fourth-order valence-electron chi connectivity index (χ4n) is 3.18. The fourth-order valence-corrected chi connectivity index (χ4v) is 4.81. The molecule has 7 nitrogen and oxygen atoms in total. The van der Waals surface area contributed by atoms with E-state index in [1.54, 1.807) is 18.2 Å². The molecule has 0 spiro atoms. The monoisotopic (exact) mass is 379 g/mol. The van der Waals surface area contributed by atoms with Crippen molar-refractivity contribution in [3.05, 3.63) is 41.9 Å². The SMILES string of the molecule is COC(=O)c1c(CS(=O)(=O)N2CCCC2)ccc(-c2ccoc2)c1OC. The maximum absolute atomic E-state index is 12.7. The van der Waals surface area contributed by atoms with Crippen LogP contribution in [0, 0.1) is 0 Å². The van der Waals surface area contributed by atoms with Gasteiger partial charge >= 0.3 is 5.97 Å². The highest BCUT2D eigenvalue weighted by atomic mass is 32.2. The van der Waals surface area contributed by atoms with Gasteiger partial charge in [0.05, 0.1) is 32.5 Å². The third-order valence-electron chi connectivity index (χ3n) is 4.47. The van der Waals surface area contributed by atoms with Crippen LogP contribution in [0.3, 0.4) is 0 Å². The Morgan fingerprint density at radius 2 is 1.92 bits per heavy atom. The molecule has 2 heterocycles. The number of hydrogen-bond donors (Lipinski definition) is 0. The quantitative estimate of drug-likeness (QED) is 0.717. The number of nitrogens with zero attached hydrogens (tertiary/aromatic N) is 1. The number of furan rings is 1. The molecule has 1 fully saturated rings. The largest absolute Gasteiger partial charge is 0.495 e. The Balaban J connectivity index is 2.09. The van der Waals surface area contributed by atoms with Crippen LogP contribution in [0.5, 0.6) is 5.75 Å². The Morgan fingerprint density at radius 1 is 1.19 bits per heavy atom. The lowest BCUT2D eigenvalue weighted by Gasteiger charge is -2.19. The second kappa shape index (κ2) is 7.51. The van der Waals surface area contributed by atoms with E-state index in [0.29, 0.717) is 24.2 Å². The maximum atomic E-state index is 12.7. The van der Waals surface area contributed by atoms with Crippen LogP contribution in [0.2, 0.25) is 0 Å². The van der Waals surface area contributed by atoms with Crippen molar-refractivity contribution in [1.29, 1.82) is 0 Å². The molecule has 0 atom stereocenters. The topological polar surface area (TPSA) is 86.1 Å². The minimum absolute atomic E-state index is 0.122. The summed E-state index contributed by atoms with van der Waals surface area (Å²) >= 11 is 0. The van der Waals surface area contributed by atoms with Crippen molar-refractivity contribution in [3.63, 3.8) is 0 Å². The van der Waals surface area contributed by atoms with Crippen molar-refractivity contribution in [3.8, 4) is 16.9 Å². The number of carbonyl (C=O) groups excluding carboxylic acids is 1. The van der Waals surface area contributed by atoms with Gasteiger partial charge in [-0.1, -0.05) is 12.1 Å². The summed E-state index contributed by atoms with van der Waals surface area (Å²) in [5.41, 5.74) is 1.83. The van der Waals surface area contributed by atoms with Crippen LogP contribution in [0.15, 0.2) is 35.1 Å². The normalized spacial score (nSPS) is 15.2. The first kappa shape index (κ1) is 18.5. The Morgan fingerprint density at radius 3 is 2.50 bits per heavy atom. The molecule has 3 rings (SSSR count). The predicted molar refractivity (Wildman–Crippen MR) is 95.5 cm³/mol. The highest BCUT2D eigenvalue weighted by Crippen LogP contribution is 2.37. The summed E-state index contributed by atoms with van der Waals surface area (Å²) in [5, 5.41) is 0. The molecule has 0 saturated carbocycles. The smallest absolute Gasteiger partial charge is 0.341 e. The van der Waals surface area contributed by atoms with Gasteiger partial charge in [-0.05, 0) is 24.5 Å². The van der Waals surface area contributed by atoms with E-state index in [1.807, 2.05) is 0 Å². The average Bonchev–Trinajstić information content (AvgIpc) is 3.33. The first-order chi connectivity index (χ1) is 12.5. The molecular weight excluding hydrogens is 358 g/mol. The minimum Gasteiger partial charge on any atom is -0.495 e. The van der Waals surface area contributed by atoms with Crippen LogP contribution in [0.25, 0.3) is 11.1 Å². The molecule has 0 amide bonds. The molecule has 1 aromatic heterocycles. The van der Waals surface area contributed by atoms with Gasteiger partial charge in [-0.2, -0.15) is 0 Å². The summed E-state index contributed by atoms with van der Waals surface area (Å²) in [4.78, 5) is 12.4. The summed E-state index contributed by atoms with van der Waals surface area (Å²) in [6.45, 7) is 1.03. The van der Waals surface area contributed by atoms with Crippen LogP contribution in [0.4, 0.5) is 0 Å². The van der Waals surface area contributed by atoms with Gasteiger partial charge in [-0.3, -0.25) is 0 Å². The van der Waals surface area contributed by atoms with E-state index >= 15 is 0 Å². The second-order valence-electron chi connectivity index (χ2n) is 6.05. The van der Waals surface area contributed by atoms with Gasteiger partial charge in [0, 0.05) is 24.2 Å². The van der Waals surface area contributed by atoms with Crippen molar-refractivity contribution < 1.29 is 27.1 Å². The fraction of sp³-hybridized carbons (Fsp3) is 0.389. The van der Waals surface area contributed by atoms with Crippen molar-refractivity contribution >= 4 is 16.0 Å². The summed E-state index contributed by atoms with van der Waals surface area (Å²) in [6, 6.07) is 5.09. The van der Waals surface area contributed by atoms with E-state index in [4.69, 9.17) is 13.9 Å². The summed E-state index contributed by atoms with van der Waals surface area (Å²) < 4.78 is 42.3. The molecule has 140 valence electrons. The number of hydrogen-bond acceptors (Lipinski definition) is 6. The second-order valence-corrected chi connectivity index (χ2v) is 8.02. The first-order valence-corrected chi connectivity index (χ1v) is 9.87. The molecule has 0 radical (unpaired) electrons. The van der Waals surface area contributed by atoms with Crippen molar-refractivity contribution in [2.45, 2.75) is 18.6 Å².